The summed E-state index contributed by atoms with van der Waals surface area (Å²) in [5.41, 5.74) is 5.77. The molecule has 0 aliphatic heterocycles. The van der Waals surface area contributed by atoms with E-state index in [2.05, 4.69) is 4.72 Å². The van der Waals surface area contributed by atoms with Crippen LogP contribution in [0.15, 0.2) is 0 Å². The molecule has 0 amide bonds. The maximum atomic E-state index is 11.4. The fraction of sp³-hybridized carbons (Fsp3) is 1.00. The Morgan fingerprint density at radius 3 is 2.31 bits per heavy atom. The summed E-state index contributed by atoms with van der Waals surface area (Å²) < 4.78 is 16.1. The largest absolute Gasteiger partial charge is 0.328 e. The SMILES string of the molecule is CN(C)S(=O)NC1CCC(N)CC1. The van der Waals surface area contributed by atoms with E-state index in [-0.39, 0.29) is 0 Å². The van der Waals surface area contributed by atoms with Crippen molar-refractivity contribution in [3.05, 3.63) is 0 Å². The van der Waals surface area contributed by atoms with Gasteiger partial charge in [0.05, 0.1) is 0 Å². The van der Waals surface area contributed by atoms with Gasteiger partial charge in [0.25, 0.3) is 0 Å². The molecular formula is C8H19N3OS. The van der Waals surface area contributed by atoms with Crippen LogP contribution in [0.2, 0.25) is 0 Å². The molecule has 1 aliphatic carbocycles. The zero-order valence-corrected chi connectivity index (χ0v) is 9.14. The summed E-state index contributed by atoms with van der Waals surface area (Å²) in [5.74, 6) is 0. The average molecular weight is 205 g/mol. The zero-order valence-electron chi connectivity index (χ0n) is 8.32. The van der Waals surface area contributed by atoms with Crippen molar-refractivity contribution in [1.29, 1.82) is 0 Å². The number of nitrogens with zero attached hydrogens (tertiary/aromatic N) is 1. The normalized spacial score (nSPS) is 32.0. The highest BCUT2D eigenvalue weighted by Gasteiger charge is 2.20. The van der Waals surface area contributed by atoms with Crippen LogP contribution in [0.3, 0.4) is 0 Å². The Hall–Kier alpha value is 0.0300. The lowest BCUT2D eigenvalue weighted by Gasteiger charge is -2.27. The Morgan fingerprint density at radius 2 is 1.85 bits per heavy atom. The Morgan fingerprint density at radius 1 is 1.31 bits per heavy atom. The number of hydrogen-bond donors (Lipinski definition) is 2. The first-order chi connectivity index (χ1) is 6.09. The molecule has 0 spiro atoms. The van der Waals surface area contributed by atoms with Crippen molar-refractivity contribution in [1.82, 2.24) is 9.03 Å². The third-order valence-corrected chi connectivity index (χ3v) is 3.57. The van der Waals surface area contributed by atoms with Crippen molar-refractivity contribution in [2.24, 2.45) is 5.73 Å². The molecule has 0 aromatic heterocycles. The van der Waals surface area contributed by atoms with Crippen LogP contribution < -0.4 is 10.5 Å². The molecule has 78 valence electrons. The van der Waals surface area contributed by atoms with Gasteiger partial charge in [-0.15, -0.1) is 0 Å². The Labute approximate surface area is 82.6 Å². The summed E-state index contributed by atoms with van der Waals surface area (Å²) in [5, 5.41) is 0. The van der Waals surface area contributed by atoms with Crippen LogP contribution in [0.1, 0.15) is 25.7 Å². The van der Waals surface area contributed by atoms with E-state index in [1.807, 2.05) is 0 Å². The summed E-state index contributed by atoms with van der Waals surface area (Å²) in [6.07, 6.45) is 4.17. The monoisotopic (exact) mass is 205 g/mol. The van der Waals surface area contributed by atoms with E-state index in [9.17, 15) is 4.21 Å². The Bertz CT molecular complexity index is 178. The molecule has 4 nitrogen and oxygen atoms in total. The van der Waals surface area contributed by atoms with E-state index in [0.717, 1.165) is 25.7 Å². The molecule has 3 N–H and O–H groups in total. The van der Waals surface area contributed by atoms with Gasteiger partial charge in [-0.05, 0) is 25.7 Å². The second kappa shape index (κ2) is 5.05. The Balaban J connectivity index is 2.26. The van der Waals surface area contributed by atoms with Crippen LogP contribution in [-0.2, 0) is 11.2 Å². The predicted octanol–water partition coefficient (Wildman–Crippen LogP) is -0.0138. The lowest BCUT2D eigenvalue weighted by Crippen LogP contribution is -2.41. The predicted molar refractivity (Wildman–Crippen MR) is 55.2 cm³/mol. The molecule has 13 heavy (non-hydrogen) atoms. The van der Waals surface area contributed by atoms with Crippen LogP contribution in [0, 0.1) is 0 Å². The van der Waals surface area contributed by atoms with Crippen molar-refractivity contribution in [3.8, 4) is 0 Å². The summed E-state index contributed by atoms with van der Waals surface area (Å²) >= 11 is -1.04. The molecule has 0 heterocycles. The quantitative estimate of drug-likeness (QED) is 0.680. The number of hydrogen-bond acceptors (Lipinski definition) is 2. The molecule has 1 fully saturated rings. The smallest absolute Gasteiger partial charge is 0.169 e. The van der Waals surface area contributed by atoms with Gasteiger partial charge in [-0.3, -0.25) is 0 Å². The zero-order chi connectivity index (χ0) is 9.84. The molecule has 1 saturated carbocycles. The summed E-state index contributed by atoms with van der Waals surface area (Å²) in [6, 6.07) is 0.730. The van der Waals surface area contributed by atoms with E-state index >= 15 is 0 Å². The first-order valence-electron chi connectivity index (χ1n) is 4.70. The molecule has 5 heteroatoms. The molecule has 0 aromatic carbocycles. The minimum atomic E-state index is -1.04. The van der Waals surface area contributed by atoms with Crippen LogP contribution in [0.4, 0.5) is 0 Å². The maximum absolute atomic E-state index is 11.4. The van der Waals surface area contributed by atoms with Gasteiger partial charge in [0.2, 0.25) is 0 Å². The van der Waals surface area contributed by atoms with E-state index in [0.29, 0.717) is 12.1 Å². The molecule has 0 bridgehead atoms. The minimum Gasteiger partial charge on any atom is -0.328 e. The number of nitrogens with one attached hydrogen (secondary N) is 1. The highest BCUT2D eigenvalue weighted by molar-refractivity contribution is 7.80. The number of rotatable bonds is 3. The molecule has 1 rings (SSSR count). The van der Waals surface area contributed by atoms with Gasteiger partial charge in [-0.2, -0.15) is 0 Å². The van der Waals surface area contributed by atoms with Crippen molar-refractivity contribution in [2.45, 2.75) is 37.8 Å². The lowest BCUT2D eigenvalue weighted by molar-refractivity contribution is 0.374. The van der Waals surface area contributed by atoms with Gasteiger partial charge in [0.1, 0.15) is 0 Å². The van der Waals surface area contributed by atoms with Gasteiger partial charge in [-0.25, -0.2) is 13.2 Å². The average Bonchev–Trinajstić information content (AvgIpc) is 2.08. The lowest BCUT2D eigenvalue weighted by atomic mass is 9.93. The minimum absolute atomic E-state index is 0.353. The molecule has 1 unspecified atom stereocenters. The molecule has 0 radical (unpaired) electrons. The highest BCUT2D eigenvalue weighted by Crippen LogP contribution is 2.17. The molecular weight excluding hydrogens is 186 g/mol. The van der Waals surface area contributed by atoms with Gasteiger partial charge in [0.15, 0.2) is 11.2 Å². The van der Waals surface area contributed by atoms with Crippen molar-refractivity contribution >= 4 is 11.2 Å². The van der Waals surface area contributed by atoms with Gasteiger partial charge in [0, 0.05) is 26.2 Å². The van der Waals surface area contributed by atoms with E-state index in [1.54, 1.807) is 18.4 Å². The second-order valence-electron chi connectivity index (χ2n) is 3.79. The van der Waals surface area contributed by atoms with Crippen LogP contribution in [0.25, 0.3) is 0 Å². The van der Waals surface area contributed by atoms with Crippen molar-refractivity contribution in [3.63, 3.8) is 0 Å². The van der Waals surface area contributed by atoms with E-state index < -0.39 is 11.2 Å². The summed E-state index contributed by atoms with van der Waals surface area (Å²) in [6.45, 7) is 0. The van der Waals surface area contributed by atoms with Crippen molar-refractivity contribution < 1.29 is 4.21 Å². The highest BCUT2D eigenvalue weighted by atomic mass is 32.2. The maximum Gasteiger partial charge on any atom is 0.169 e. The standard InChI is InChI=1S/C8H19N3OS/c1-11(2)13(12)10-8-5-3-7(9)4-6-8/h7-8,10H,3-6,9H2,1-2H3. The third-order valence-electron chi connectivity index (χ3n) is 2.37. The summed E-state index contributed by atoms with van der Waals surface area (Å²) in [7, 11) is 3.61. The van der Waals surface area contributed by atoms with Crippen LogP contribution in [0.5, 0.6) is 0 Å². The molecule has 0 saturated heterocycles. The number of nitrogens with two attached hydrogens (primary N) is 1. The Kier molecular flexibility index (Phi) is 4.31. The van der Waals surface area contributed by atoms with E-state index in [4.69, 9.17) is 5.73 Å². The molecule has 1 atom stereocenters. The fourth-order valence-corrected chi connectivity index (χ4v) is 2.22. The van der Waals surface area contributed by atoms with Crippen LogP contribution in [-0.4, -0.2) is 34.7 Å². The third kappa shape index (κ3) is 3.72. The summed E-state index contributed by atoms with van der Waals surface area (Å²) in [4.78, 5) is 0. The van der Waals surface area contributed by atoms with Gasteiger partial charge < -0.3 is 5.73 Å². The van der Waals surface area contributed by atoms with Gasteiger partial charge >= 0.3 is 0 Å². The van der Waals surface area contributed by atoms with Crippen molar-refractivity contribution in [2.75, 3.05) is 14.1 Å². The van der Waals surface area contributed by atoms with Crippen LogP contribution >= 0.6 is 0 Å². The second-order valence-corrected chi connectivity index (χ2v) is 5.26. The van der Waals surface area contributed by atoms with Gasteiger partial charge in [-0.1, -0.05) is 0 Å². The topological polar surface area (TPSA) is 58.4 Å². The molecule has 1 aliphatic rings. The first kappa shape index (κ1) is 11.1. The fourth-order valence-electron chi connectivity index (χ4n) is 1.49. The first-order valence-corrected chi connectivity index (χ1v) is 5.81. The molecule has 0 aromatic rings. The van der Waals surface area contributed by atoms with E-state index in [1.165, 1.54) is 0 Å².